The average Bonchev–Trinajstić information content (AvgIpc) is 2.27. The predicted octanol–water partition coefficient (Wildman–Crippen LogP) is 1.04. The van der Waals surface area contributed by atoms with Crippen molar-refractivity contribution in [1.82, 2.24) is 4.90 Å². The van der Waals surface area contributed by atoms with Crippen molar-refractivity contribution < 1.29 is 9.63 Å². The topological polar surface area (TPSA) is 67.6 Å². The van der Waals surface area contributed by atoms with Crippen molar-refractivity contribution in [2.75, 3.05) is 25.5 Å². The Morgan fingerprint density at radius 2 is 2.13 bits per heavy atom. The lowest BCUT2D eigenvalue weighted by molar-refractivity contribution is 0.120. The molecule has 0 aliphatic heterocycles. The summed E-state index contributed by atoms with van der Waals surface area (Å²) in [6.45, 7) is 0.772. The minimum Gasteiger partial charge on any atom is -0.325 e. The molecule has 15 heavy (non-hydrogen) atoms. The summed E-state index contributed by atoms with van der Waals surface area (Å²) in [5.41, 5.74) is 0.767. The maximum Gasteiger partial charge on any atom is 0.321 e. The lowest BCUT2D eigenvalue weighted by Gasteiger charge is -2.16. The third-order valence-electron chi connectivity index (χ3n) is 1.92. The Labute approximate surface area is 88.8 Å². The quantitative estimate of drug-likeness (QED) is 0.728. The number of urea groups is 1. The zero-order valence-electron chi connectivity index (χ0n) is 8.64. The Bertz CT molecular complexity index is 303. The van der Waals surface area contributed by atoms with Crippen molar-refractivity contribution in [2.24, 2.45) is 5.90 Å². The van der Waals surface area contributed by atoms with Crippen LogP contribution in [0.15, 0.2) is 30.3 Å². The van der Waals surface area contributed by atoms with E-state index in [2.05, 4.69) is 10.2 Å². The number of rotatable bonds is 4. The second-order valence-corrected chi connectivity index (χ2v) is 3.09. The van der Waals surface area contributed by atoms with Gasteiger partial charge in [0.1, 0.15) is 0 Å². The molecule has 0 unspecified atom stereocenters. The van der Waals surface area contributed by atoms with Gasteiger partial charge in [0.15, 0.2) is 0 Å². The summed E-state index contributed by atoms with van der Waals surface area (Å²) in [7, 11) is 1.68. The first-order chi connectivity index (χ1) is 7.24. The number of anilines is 1. The van der Waals surface area contributed by atoms with E-state index in [1.807, 2.05) is 30.3 Å². The molecular weight excluding hydrogens is 194 g/mol. The normalized spacial score (nSPS) is 9.73. The number of benzene rings is 1. The molecule has 1 aromatic carbocycles. The zero-order valence-corrected chi connectivity index (χ0v) is 8.64. The number of nitrogens with two attached hydrogens (primary N) is 1. The standard InChI is InChI=1S/C10H15N3O2/c1-13(7-8-15-11)10(14)12-9-5-3-2-4-6-9/h2-6H,7-8,11H2,1H3,(H,12,14). The number of para-hydroxylation sites is 1. The number of likely N-dealkylation sites (N-methyl/N-ethyl adjacent to an activating group) is 1. The number of hydrogen-bond acceptors (Lipinski definition) is 3. The molecule has 5 nitrogen and oxygen atoms in total. The summed E-state index contributed by atoms with van der Waals surface area (Å²) in [5.74, 6) is 4.87. The van der Waals surface area contributed by atoms with Crippen LogP contribution in [0.3, 0.4) is 0 Å². The van der Waals surface area contributed by atoms with E-state index in [-0.39, 0.29) is 6.03 Å². The Balaban J connectivity index is 2.42. The van der Waals surface area contributed by atoms with Crippen molar-refractivity contribution in [1.29, 1.82) is 0 Å². The fourth-order valence-corrected chi connectivity index (χ4v) is 1.03. The highest BCUT2D eigenvalue weighted by atomic mass is 16.6. The highest BCUT2D eigenvalue weighted by molar-refractivity contribution is 5.89. The third kappa shape index (κ3) is 3.97. The molecule has 0 radical (unpaired) electrons. The maximum absolute atomic E-state index is 11.5. The van der Waals surface area contributed by atoms with Gasteiger partial charge >= 0.3 is 6.03 Å². The molecule has 2 amide bonds. The van der Waals surface area contributed by atoms with Crippen LogP contribution in [0.1, 0.15) is 0 Å². The summed E-state index contributed by atoms with van der Waals surface area (Å²) in [6, 6.07) is 9.08. The first-order valence-electron chi connectivity index (χ1n) is 4.63. The molecule has 82 valence electrons. The third-order valence-corrected chi connectivity index (χ3v) is 1.92. The molecule has 0 aliphatic carbocycles. The Kier molecular flexibility index (Phi) is 4.59. The van der Waals surface area contributed by atoms with Crippen LogP contribution < -0.4 is 11.2 Å². The predicted molar refractivity (Wildman–Crippen MR) is 58.2 cm³/mol. The molecule has 0 saturated heterocycles. The molecule has 0 spiro atoms. The van der Waals surface area contributed by atoms with Crippen LogP contribution in [0.4, 0.5) is 10.5 Å². The molecule has 0 bridgehead atoms. The van der Waals surface area contributed by atoms with Crippen molar-refractivity contribution in [3.63, 3.8) is 0 Å². The van der Waals surface area contributed by atoms with Crippen LogP contribution in [0.25, 0.3) is 0 Å². The van der Waals surface area contributed by atoms with Gasteiger partial charge in [-0.25, -0.2) is 10.7 Å². The minimum absolute atomic E-state index is 0.182. The Hall–Kier alpha value is -1.59. The number of nitrogens with one attached hydrogen (secondary N) is 1. The van der Waals surface area contributed by atoms with E-state index in [0.717, 1.165) is 5.69 Å². The Morgan fingerprint density at radius 1 is 1.47 bits per heavy atom. The summed E-state index contributed by atoms with van der Waals surface area (Å²) in [6.07, 6.45) is 0. The second-order valence-electron chi connectivity index (χ2n) is 3.09. The van der Waals surface area contributed by atoms with Crippen LogP contribution >= 0.6 is 0 Å². The number of carbonyl (C=O) groups excluding carboxylic acids is 1. The average molecular weight is 209 g/mol. The summed E-state index contributed by atoms with van der Waals surface area (Å²) in [5, 5.41) is 2.74. The highest BCUT2D eigenvalue weighted by Crippen LogP contribution is 2.05. The summed E-state index contributed by atoms with van der Waals surface area (Å²) >= 11 is 0. The molecule has 3 N–H and O–H groups in total. The van der Waals surface area contributed by atoms with E-state index >= 15 is 0 Å². The number of carbonyl (C=O) groups is 1. The van der Waals surface area contributed by atoms with Gasteiger partial charge in [0, 0.05) is 19.3 Å². The Morgan fingerprint density at radius 3 is 2.73 bits per heavy atom. The van der Waals surface area contributed by atoms with Gasteiger partial charge in [-0.15, -0.1) is 0 Å². The van der Waals surface area contributed by atoms with Crippen LogP contribution in [-0.4, -0.2) is 31.1 Å². The highest BCUT2D eigenvalue weighted by Gasteiger charge is 2.07. The van der Waals surface area contributed by atoms with Gasteiger partial charge in [-0.3, -0.25) is 0 Å². The smallest absolute Gasteiger partial charge is 0.321 e. The molecule has 0 aliphatic rings. The van der Waals surface area contributed by atoms with Gasteiger partial charge in [-0.1, -0.05) is 18.2 Å². The summed E-state index contributed by atoms with van der Waals surface area (Å²) in [4.78, 5) is 17.4. The number of amides is 2. The molecule has 0 fully saturated rings. The van der Waals surface area contributed by atoms with Gasteiger partial charge in [-0.05, 0) is 12.1 Å². The van der Waals surface area contributed by atoms with E-state index in [9.17, 15) is 4.79 Å². The monoisotopic (exact) mass is 209 g/mol. The maximum atomic E-state index is 11.5. The van der Waals surface area contributed by atoms with E-state index in [0.29, 0.717) is 13.2 Å². The largest absolute Gasteiger partial charge is 0.325 e. The van der Waals surface area contributed by atoms with Crippen LogP contribution in [0.2, 0.25) is 0 Å². The minimum atomic E-state index is -0.182. The molecule has 0 atom stereocenters. The lowest BCUT2D eigenvalue weighted by Crippen LogP contribution is -2.34. The van der Waals surface area contributed by atoms with Crippen molar-refractivity contribution in [3.8, 4) is 0 Å². The van der Waals surface area contributed by atoms with Gasteiger partial charge in [0.05, 0.1) is 6.61 Å². The van der Waals surface area contributed by atoms with Crippen LogP contribution in [-0.2, 0) is 4.84 Å². The number of nitrogens with zero attached hydrogens (tertiary/aromatic N) is 1. The van der Waals surface area contributed by atoms with Crippen molar-refractivity contribution in [3.05, 3.63) is 30.3 Å². The SMILES string of the molecule is CN(CCON)C(=O)Nc1ccccc1. The molecule has 0 saturated carbocycles. The van der Waals surface area contributed by atoms with Gasteiger partial charge in [-0.2, -0.15) is 0 Å². The molecule has 1 rings (SSSR count). The molecule has 5 heteroatoms. The lowest BCUT2D eigenvalue weighted by atomic mass is 10.3. The van der Waals surface area contributed by atoms with E-state index in [1.165, 1.54) is 4.90 Å². The van der Waals surface area contributed by atoms with E-state index < -0.39 is 0 Å². The van der Waals surface area contributed by atoms with Crippen molar-refractivity contribution in [2.45, 2.75) is 0 Å². The molecule has 0 heterocycles. The second kappa shape index (κ2) is 6.00. The first kappa shape index (κ1) is 11.5. The van der Waals surface area contributed by atoms with Crippen LogP contribution in [0.5, 0.6) is 0 Å². The fraction of sp³-hybridized carbons (Fsp3) is 0.300. The van der Waals surface area contributed by atoms with E-state index in [4.69, 9.17) is 5.90 Å². The molecule has 1 aromatic rings. The fourth-order valence-electron chi connectivity index (χ4n) is 1.03. The first-order valence-corrected chi connectivity index (χ1v) is 4.63. The molecule has 0 aromatic heterocycles. The molecular formula is C10H15N3O2. The van der Waals surface area contributed by atoms with Crippen LogP contribution in [0, 0.1) is 0 Å². The van der Waals surface area contributed by atoms with Gasteiger partial charge < -0.3 is 15.1 Å². The number of hydrogen-bond donors (Lipinski definition) is 2. The van der Waals surface area contributed by atoms with Crippen molar-refractivity contribution >= 4 is 11.7 Å². The van der Waals surface area contributed by atoms with Gasteiger partial charge in [0.25, 0.3) is 0 Å². The van der Waals surface area contributed by atoms with E-state index in [1.54, 1.807) is 7.05 Å². The van der Waals surface area contributed by atoms with Gasteiger partial charge in [0.2, 0.25) is 0 Å². The summed E-state index contributed by atoms with van der Waals surface area (Å²) < 4.78 is 0. The zero-order chi connectivity index (χ0) is 11.1.